The average molecular weight is 227 g/mol. The van der Waals surface area contributed by atoms with E-state index in [0.29, 0.717) is 19.5 Å². The summed E-state index contributed by atoms with van der Waals surface area (Å²) < 4.78 is 0. The van der Waals surface area contributed by atoms with Gasteiger partial charge in [0.25, 0.3) is 0 Å². The van der Waals surface area contributed by atoms with E-state index >= 15 is 0 Å². The van der Waals surface area contributed by atoms with Crippen LogP contribution in [0.25, 0.3) is 0 Å². The van der Waals surface area contributed by atoms with Crippen LogP contribution in [0.1, 0.15) is 20.3 Å². The Hall–Kier alpha value is -1.43. The molecule has 0 aliphatic heterocycles. The molecule has 0 bridgehead atoms. The number of nitrogens with zero attached hydrogens (tertiary/aromatic N) is 2. The molecule has 0 aromatic heterocycles. The third-order valence-electron chi connectivity index (χ3n) is 1.94. The molecule has 6 heteroatoms. The number of nitrogens with one attached hydrogen (secondary N) is 3. The van der Waals surface area contributed by atoms with Crippen LogP contribution in [0, 0.1) is 5.53 Å². The monoisotopic (exact) mass is 227 g/mol. The van der Waals surface area contributed by atoms with Crippen LogP contribution < -0.4 is 10.6 Å². The van der Waals surface area contributed by atoms with Gasteiger partial charge in [-0.15, -0.1) is 0 Å². The first-order valence-corrected chi connectivity index (χ1v) is 5.36. The van der Waals surface area contributed by atoms with Crippen molar-refractivity contribution in [3.8, 4) is 0 Å². The Morgan fingerprint density at radius 1 is 1.56 bits per heavy atom. The van der Waals surface area contributed by atoms with Crippen molar-refractivity contribution >= 4 is 5.91 Å². The van der Waals surface area contributed by atoms with Crippen LogP contribution in [0.15, 0.2) is 17.0 Å². The van der Waals surface area contributed by atoms with Crippen molar-refractivity contribution in [2.24, 2.45) is 5.22 Å². The lowest BCUT2D eigenvalue weighted by Crippen LogP contribution is -2.30. The maximum atomic E-state index is 11.0. The minimum Gasteiger partial charge on any atom is -0.354 e. The molecular formula is C10H21N5O. The number of amides is 1. The fraction of sp³-hybridized carbons (Fsp3) is 0.700. The Kier molecular flexibility index (Phi) is 8.05. The number of likely N-dealkylation sites (N-methyl/N-ethyl adjacent to an activating group) is 1. The summed E-state index contributed by atoms with van der Waals surface area (Å²) in [4.78, 5) is 11.0. The van der Waals surface area contributed by atoms with Gasteiger partial charge in [-0.05, 0) is 19.5 Å². The molecule has 1 amide bonds. The molecular weight excluding hydrogens is 206 g/mol. The standard InChI is InChI=1S/C10H21N5O/c1-4-10(16)13-5-6-15(14-11)8-9(2)7-12-3/h8,11-12H,4-7H2,1-3H3,(H,13,16)/b9-8+,14-11?. The third kappa shape index (κ3) is 6.94. The molecule has 0 radical (unpaired) electrons. The van der Waals surface area contributed by atoms with Gasteiger partial charge in [-0.25, -0.2) is 0 Å². The summed E-state index contributed by atoms with van der Waals surface area (Å²) >= 11 is 0. The Morgan fingerprint density at radius 3 is 2.75 bits per heavy atom. The molecule has 16 heavy (non-hydrogen) atoms. The Labute approximate surface area is 96.6 Å². The van der Waals surface area contributed by atoms with E-state index in [4.69, 9.17) is 5.53 Å². The number of carbonyl (C=O) groups is 1. The molecule has 92 valence electrons. The second-order valence-corrected chi connectivity index (χ2v) is 3.47. The van der Waals surface area contributed by atoms with Crippen molar-refractivity contribution in [1.82, 2.24) is 15.6 Å². The van der Waals surface area contributed by atoms with E-state index in [1.54, 1.807) is 13.1 Å². The van der Waals surface area contributed by atoms with E-state index in [2.05, 4.69) is 15.9 Å². The SMILES string of the molecule is CCC(=O)NCCN(/C=C(\C)CNC)N=N. The maximum Gasteiger partial charge on any atom is 0.219 e. The van der Waals surface area contributed by atoms with Gasteiger partial charge in [-0.1, -0.05) is 12.1 Å². The number of hydrogen-bond acceptors (Lipinski definition) is 4. The molecule has 0 aromatic carbocycles. The molecule has 6 nitrogen and oxygen atoms in total. The Morgan fingerprint density at radius 2 is 2.25 bits per heavy atom. The van der Waals surface area contributed by atoms with Crippen molar-refractivity contribution in [2.45, 2.75) is 20.3 Å². The topological polar surface area (TPSA) is 80.6 Å². The quantitative estimate of drug-likeness (QED) is 0.425. The van der Waals surface area contributed by atoms with E-state index in [-0.39, 0.29) is 5.91 Å². The van der Waals surface area contributed by atoms with E-state index in [0.717, 1.165) is 12.1 Å². The van der Waals surface area contributed by atoms with Gasteiger partial charge in [0.2, 0.25) is 5.91 Å². The van der Waals surface area contributed by atoms with Crippen LogP contribution in [-0.4, -0.2) is 37.6 Å². The third-order valence-corrected chi connectivity index (χ3v) is 1.94. The van der Waals surface area contributed by atoms with Gasteiger partial charge in [-0.3, -0.25) is 9.80 Å². The molecule has 0 aliphatic carbocycles. The molecule has 0 aromatic rings. The lowest BCUT2D eigenvalue weighted by atomic mass is 10.3. The highest BCUT2D eigenvalue weighted by Crippen LogP contribution is 1.96. The van der Waals surface area contributed by atoms with Crippen molar-refractivity contribution < 1.29 is 4.79 Å². The highest BCUT2D eigenvalue weighted by atomic mass is 16.1. The van der Waals surface area contributed by atoms with Crippen LogP contribution in [0.5, 0.6) is 0 Å². The summed E-state index contributed by atoms with van der Waals surface area (Å²) in [6.45, 7) is 5.53. The summed E-state index contributed by atoms with van der Waals surface area (Å²) in [6.07, 6.45) is 2.27. The second kappa shape index (κ2) is 8.84. The molecule has 0 aliphatic rings. The molecule has 0 unspecified atom stereocenters. The van der Waals surface area contributed by atoms with Crippen LogP contribution in [0.4, 0.5) is 0 Å². The zero-order chi connectivity index (χ0) is 12.4. The zero-order valence-corrected chi connectivity index (χ0v) is 10.2. The van der Waals surface area contributed by atoms with Crippen molar-refractivity contribution in [3.05, 3.63) is 11.8 Å². The normalized spacial score (nSPS) is 11.1. The van der Waals surface area contributed by atoms with Gasteiger partial charge in [0.05, 0.1) is 6.54 Å². The smallest absolute Gasteiger partial charge is 0.219 e. The summed E-state index contributed by atoms with van der Waals surface area (Å²) in [5.74, 6) is 0.0147. The predicted octanol–water partition coefficient (Wildman–Crippen LogP) is 0.884. The minimum atomic E-state index is 0.0147. The predicted molar refractivity (Wildman–Crippen MR) is 62.8 cm³/mol. The summed E-state index contributed by atoms with van der Waals surface area (Å²) in [5, 5.41) is 10.6. The Balaban J connectivity index is 3.96. The van der Waals surface area contributed by atoms with Gasteiger partial charge >= 0.3 is 0 Å². The van der Waals surface area contributed by atoms with Crippen LogP contribution >= 0.6 is 0 Å². The van der Waals surface area contributed by atoms with Crippen LogP contribution in [0.2, 0.25) is 0 Å². The first-order chi connectivity index (χ1) is 7.63. The molecule has 0 fully saturated rings. The zero-order valence-electron chi connectivity index (χ0n) is 10.2. The van der Waals surface area contributed by atoms with Gasteiger partial charge < -0.3 is 10.6 Å². The lowest BCUT2D eigenvalue weighted by molar-refractivity contribution is -0.120. The second-order valence-electron chi connectivity index (χ2n) is 3.47. The number of hydrogen-bond donors (Lipinski definition) is 3. The fourth-order valence-electron chi connectivity index (χ4n) is 1.16. The molecule has 0 saturated carbocycles. The molecule has 3 N–H and O–H groups in total. The van der Waals surface area contributed by atoms with Gasteiger partial charge in [0.1, 0.15) is 0 Å². The maximum absolute atomic E-state index is 11.0. The number of carbonyl (C=O) groups excluding carboxylic acids is 1. The summed E-state index contributed by atoms with van der Waals surface area (Å²) in [7, 11) is 1.86. The molecule has 0 atom stereocenters. The molecule has 0 rings (SSSR count). The van der Waals surface area contributed by atoms with Gasteiger partial charge in [-0.2, -0.15) is 5.53 Å². The van der Waals surface area contributed by atoms with E-state index in [1.807, 2.05) is 14.0 Å². The van der Waals surface area contributed by atoms with Crippen LogP contribution in [0.3, 0.4) is 0 Å². The van der Waals surface area contributed by atoms with E-state index < -0.39 is 0 Å². The van der Waals surface area contributed by atoms with Crippen LogP contribution in [-0.2, 0) is 4.79 Å². The largest absolute Gasteiger partial charge is 0.354 e. The van der Waals surface area contributed by atoms with Crippen molar-refractivity contribution in [3.63, 3.8) is 0 Å². The lowest BCUT2D eigenvalue weighted by Gasteiger charge is -2.14. The summed E-state index contributed by atoms with van der Waals surface area (Å²) in [5.41, 5.74) is 8.07. The molecule has 0 saturated heterocycles. The van der Waals surface area contributed by atoms with E-state index in [9.17, 15) is 4.79 Å². The summed E-state index contributed by atoms with van der Waals surface area (Å²) in [6, 6.07) is 0. The van der Waals surface area contributed by atoms with Crippen molar-refractivity contribution in [1.29, 1.82) is 5.53 Å². The minimum absolute atomic E-state index is 0.0147. The highest BCUT2D eigenvalue weighted by molar-refractivity contribution is 5.75. The average Bonchev–Trinajstić information content (AvgIpc) is 2.27. The first-order valence-electron chi connectivity index (χ1n) is 5.36. The van der Waals surface area contributed by atoms with Crippen molar-refractivity contribution in [2.75, 3.05) is 26.7 Å². The molecule has 0 spiro atoms. The highest BCUT2D eigenvalue weighted by Gasteiger charge is 2.00. The van der Waals surface area contributed by atoms with Gasteiger partial charge in [0, 0.05) is 25.7 Å². The first kappa shape index (κ1) is 14.6. The molecule has 0 heterocycles. The fourth-order valence-corrected chi connectivity index (χ4v) is 1.16. The van der Waals surface area contributed by atoms with Gasteiger partial charge in [0.15, 0.2) is 0 Å². The number of rotatable bonds is 8. The Bertz CT molecular complexity index is 252. The van der Waals surface area contributed by atoms with E-state index in [1.165, 1.54) is 5.01 Å².